The lowest BCUT2D eigenvalue weighted by Crippen LogP contribution is -2.45. The van der Waals surface area contributed by atoms with E-state index >= 15 is 0 Å². The van der Waals surface area contributed by atoms with E-state index in [2.05, 4.69) is 35.1 Å². The molecule has 0 saturated carbocycles. The third-order valence-electron chi connectivity index (χ3n) is 5.69. The van der Waals surface area contributed by atoms with Gasteiger partial charge >= 0.3 is 5.97 Å². The quantitative estimate of drug-likeness (QED) is 0.652. The lowest BCUT2D eigenvalue weighted by Gasteiger charge is -2.40. The number of likely N-dealkylation sites (tertiary alicyclic amines) is 1. The number of rotatable bonds is 8. The Bertz CT molecular complexity index is 765. The van der Waals surface area contributed by atoms with Crippen molar-refractivity contribution in [2.75, 3.05) is 33.4 Å². The smallest absolute Gasteiger partial charge is 0.312 e. The Hall–Kier alpha value is -2.18. The molecule has 6 heteroatoms. The van der Waals surface area contributed by atoms with Crippen LogP contribution in [0.1, 0.15) is 37.3 Å². The van der Waals surface area contributed by atoms with Gasteiger partial charge in [0.1, 0.15) is 0 Å². The Kier molecular flexibility index (Phi) is 6.86. The van der Waals surface area contributed by atoms with Crippen LogP contribution in [-0.2, 0) is 20.8 Å². The molecule has 0 spiro atoms. The zero-order valence-electron chi connectivity index (χ0n) is 17.2. The Morgan fingerprint density at radius 2 is 2.07 bits per heavy atom. The fraction of sp³-hybridized carbons (Fsp3) is 0.545. The standard InChI is InChI=1S/C22H31N3O3/c1-4-28-21(26)22(10-15-27-3)8-13-24(14-9-22)17-19-16-18(2)6-7-20(19)25-12-5-11-23-25/h5-7,11-12,16H,4,8-10,13-15,17H2,1-3H3. The van der Waals surface area contributed by atoms with Gasteiger partial charge < -0.3 is 9.47 Å². The Labute approximate surface area is 167 Å². The van der Waals surface area contributed by atoms with Crippen LogP contribution in [-0.4, -0.2) is 54.1 Å². The molecule has 0 amide bonds. The van der Waals surface area contributed by atoms with E-state index in [1.165, 1.54) is 11.1 Å². The number of aryl methyl sites for hydroxylation is 1. The van der Waals surface area contributed by atoms with Crippen molar-refractivity contribution in [2.45, 2.75) is 39.7 Å². The number of esters is 1. The molecular weight excluding hydrogens is 354 g/mol. The van der Waals surface area contributed by atoms with E-state index in [-0.39, 0.29) is 5.97 Å². The SMILES string of the molecule is CCOC(=O)C1(CCOC)CCN(Cc2cc(C)ccc2-n2cccn2)CC1. The number of ether oxygens (including phenoxy) is 2. The number of carbonyl (C=O) groups excluding carboxylic acids is 1. The third-order valence-corrected chi connectivity index (χ3v) is 5.69. The lowest BCUT2D eigenvalue weighted by atomic mass is 9.75. The van der Waals surface area contributed by atoms with Crippen LogP contribution in [0.15, 0.2) is 36.7 Å². The van der Waals surface area contributed by atoms with Gasteiger partial charge in [-0.2, -0.15) is 5.10 Å². The zero-order valence-corrected chi connectivity index (χ0v) is 17.2. The van der Waals surface area contributed by atoms with E-state index in [4.69, 9.17) is 9.47 Å². The van der Waals surface area contributed by atoms with Gasteiger partial charge in [0.05, 0.1) is 17.7 Å². The zero-order chi connectivity index (χ0) is 20.0. The van der Waals surface area contributed by atoms with Crippen molar-refractivity contribution in [3.05, 3.63) is 47.8 Å². The summed E-state index contributed by atoms with van der Waals surface area (Å²) < 4.78 is 12.6. The monoisotopic (exact) mass is 385 g/mol. The summed E-state index contributed by atoms with van der Waals surface area (Å²) in [5.74, 6) is -0.0699. The molecule has 0 N–H and O–H groups in total. The minimum atomic E-state index is -0.417. The second-order valence-corrected chi connectivity index (χ2v) is 7.60. The second-order valence-electron chi connectivity index (χ2n) is 7.60. The van der Waals surface area contributed by atoms with E-state index < -0.39 is 5.41 Å². The molecule has 1 aromatic carbocycles. The van der Waals surface area contributed by atoms with Crippen LogP contribution in [0.5, 0.6) is 0 Å². The van der Waals surface area contributed by atoms with Crippen LogP contribution in [0.4, 0.5) is 0 Å². The topological polar surface area (TPSA) is 56.6 Å². The molecule has 0 unspecified atom stereocenters. The minimum Gasteiger partial charge on any atom is -0.466 e. The summed E-state index contributed by atoms with van der Waals surface area (Å²) in [6.45, 7) is 7.58. The first kappa shape index (κ1) is 20.6. The highest BCUT2D eigenvalue weighted by Gasteiger charge is 2.42. The third kappa shape index (κ3) is 4.62. The molecule has 1 aliphatic rings. The van der Waals surface area contributed by atoms with Crippen LogP contribution < -0.4 is 0 Å². The molecule has 1 aliphatic heterocycles. The number of piperidine rings is 1. The van der Waals surface area contributed by atoms with Gasteiger partial charge in [-0.25, -0.2) is 4.68 Å². The summed E-state index contributed by atoms with van der Waals surface area (Å²) in [4.78, 5) is 15.1. The molecule has 2 aromatic rings. The predicted molar refractivity (Wildman–Crippen MR) is 108 cm³/mol. The van der Waals surface area contributed by atoms with Crippen molar-refractivity contribution in [1.82, 2.24) is 14.7 Å². The van der Waals surface area contributed by atoms with Gasteiger partial charge in [0.25, 0.3) is 0 Å². The number of methoxy groups -OCH3 is 1. The van der Waals surface area contributed by atoms with Crippen LogP contribution in [0.3, 0.4) is 0 Å². The highest BCUT2D eigenvalue weighted by atomic mass is 16.5. The van der Waals surface area contributed by atoms with Gasteiger partial charge in [0.15, 0.2) is 0 Å². The van der Waals surface area contributed by atoms with Crippen molar-refractivity contribution >= 4 is 5.97 Å². The molecule has 0 atom stereocenters. The molecule has 152 valence electrons. The molecule has 28 heavy (non-hydrogen) atoms. The minimum absolute atomic E-state index is 0.0699. The number of nitrogens with zero attached hydrogens (tertiary/aromatic N) is 3. The molecule has 0 bridgehead atoms. The van der Waals surface area contributed by atoms with E-state index in [0.717, 1.165) is 44.6 Å². The first-order valence-electron chi connectivity index (χ1n) is 10.1. The fourth-order valence-electron chi connectivity index (χ4n) is 3.99. The van der Waals surface area contributed by atoms with Crippen LogP contribution in [0.2, 0.25) is 0 Å². The highest BCUT2D eigenvalue weighted by Crippen LogP contribution is 2.37. The average Bonchev–Trinajstić information content (AvgIpc) is 3.22. The van der Waals surface area contributed by atoms with Crippen molar-refractivity contribution in [3.63, 3.8) is 0 Å². The number of benzene rings is 1. The summed E-state index contributed by atoms with van der Waals surface area (Å²) >= 11 is 0. The maximum absolute atomic E-state index is 12.6. The van der Waals surface area contributed by atoms with Crippen LogP contribution in [0.25, 0.3) is 5.69 Å². The number of carbonyl (C=O) groups is 1. The normalized spacial score (nSPS) is 16.8. The van der Waals surface area contributed by atoms with E-state index in [0.29, 0.717) is 13.2 Å². The summed E-state index contributed by atoms with van der Waals surface area (Å²) in [5.41, 5.74) is 3.19. The molecular formula is C22H31N3O3. The second kappa shape index (κ2) is 9.34. The maximum Gasteiger partial charge on any atom is 0.312 e. The predicted octanol–water partition coefficient (Wildman–Crippen LogP) is 3.36. The molecule has 1 fully saturated rings. The Balaban J connectivity index is 1.71. The molecule has 6 nitrogen and oxygen atoms in total. The summed E-state index contributed by atoms with van der Waals surface area (Å²) in [6.07, 6.45) is 6.10. The summed E-state index contributed by atoms with van der Waals surface area (Å²) in [7, 11) is 1.68. The van der Waals surface area contributed by atoms with Crippen molar-refractivity contribution < 1.29 is 14.3 Å². The molecule has 0 radical (unpaired) electrons. The number of hydrogen-bond acceptors (Lipinski definition) is 5. The Morgan fingerprint density at radius 3 is 2.71 bits per heavy atom. The van der Waals surface area contributed by atoms with Gasteiger partial charge in [0, 0.05) is 32.7 Å². The van der Waals surface area contributed by atoms with Gasteiger partial charge in [0.2, 0.25) is 0 Å². The number of hydrogen-bond donors (Lipinski definition) is 0. The Morgan fingerprint density at radius 1 is 1.29 bits per heavy atom. The van der Waals surface area contributed by atoms with E-state index in [1.807, 2.05) is 23.9 Å². The van der Waals surface area contributed by atoms with Gasteiger partial charge in [-0.15, -0.1) is 0 Å². The highest BCUT2D eigenvalue weighted by molar-refractivity contribution is 5.77. The largest absolute Gasteiger partial charge is 0.466 e. The molecule has 3 rings (SSSR count). The van der Waals surface area contributed by atoms with Crippen molar-refractivity contribution in [3.8, 4) is 5.69 Å². The molecule has 2 heterocycles. The molecule has 0 aliphatic carbocycles. The van der Waals surface area contributed by atoms with Crippen LogP contribution in [0, 0.1) is 12.3 Å². The first-order chi connectivity index (χ1) is 13.6. The number of aromatic nitrogens is 2. The van der Waals surface area contributed by atoms with Crippen LogP contribution >= 0.6 is 0 Å². The molecule has 1 saturated heterocycles. The van der Waals surface area contributed by atoms with E-state index in [1.54, 1.807) is 13.3 Å². The summed E-state index contributed by atoms with van der Waals surface area (Å²) in [6, 6.07) is 8.42. The van der Waals surface area contributed by atoms with Crippen molar-refractivity contribution in [2.24, 2.45) is 5.41 Å². The van der Waals surface area contributed by atoms with Gasteiger partial charge in [-0.1, -0.05) is 17.7 Å². The maximum atomic E-state index is 12.6. The molecule has 1 aromatic heterocycles. The lowest BCUT2D eigenvalue weighted by molar-refractivity contribution is -0.160. The summed E-state index contributed by atoms with van der Waals surface area (Å²) in [5, 5.41) is 4.39. The average molecular weight is 386 g/mol. The van der Waals surface area contributed by atoms with E-state index in [9.17, 15) is 4.79 Å². The van der Waals surface area contributed by atoms with Crippen molar-refractivity contribution in [1.29, 1.82) is 0 Å². The first-order valence-corrected chi connectivity index (χ1v) is 10.1. The fourth-order valence-corrected chi connectivity index (χ4v) is 3.99. The van der Waals surface area contributed by atoms with Gasteiger partial charge in [-0.3, -0.25) is 9.69 Å². The van der Waals surface area contributed by atoms with Gasteiger partial charge in [-0.05, 0) is 63.9 Å².